The van der Waals surface area contributed by atoms with E-state index in [9.17, 15) is 23.3 Å². The molecule has 5 nitrogen and oxygen atoms in total. The molecule has 10 heteroatoms. The molecule has 0 heterocycles. The van der Waals surface area contributed by atoms with Gasteiger partial charge in [-0.3, -0.25) is 10.1 Å². The molecule has 2 aromatic rings. The van der Waals surface area contributed by atoms with E-state index in [0.29, 0.717) is 0 Å². The van der Waals surface area contributed by atoms with Gasteiger partial charge < -0.3 is 9.47 Å². The molecule has 0 unspecified atom stereocenters. The van der Waals surface area contributed by atoms with Crippen LogP contribution in [0.3, 0.4) is 0 Å². The molecule has 0 aromatic heterocycles. The predicted molar refractivity (Wildman–Crippen MR) is 85.8 cm³/mol. The van der Waals surface area contributed by atoms with E-state index in [1.807, 2.05) is 0 Å². The first-order valence-electron chi connectivity index (χ1n) is 6.75. The van der Waals surface area contributed by atoms with Crippen molar-refractivity contribution in [1.29, 1.82) is 0 Å². The lowest BCUT2D eigenvalue weighted by Crippen LogP contribution is -2.06. The molecule has 0 radical (unpaired) electrons. The van der Waals surface area contributed by atoms with Crippen molar-refractivity contribution in [3.05, 3.63) is 57.1 Å². The summed E-state index contributed by atoms with van der Waals surface area (Å²) >= 11 is 11.2. The third-order valence-corrected chi connectivity index (χ3v) is 3.50. The van der Waals surface area contributed by atoms with Crippen LogP contribution in [0.4, 0.5) is 18.9 Å². The number of nitro groups is 1. The maximum Gasteiger partial charge on any atom is 0.417 e. The largest absolute Gasteiger partial charge is 0.485 e. The highest BCUT2D eigenvalue weighted by Crippen LogP contribution is 2.41. The fourth-order valence-corrected chi connectivity index (χ4v) is 2.26. The molecule has 0 N–H and O–H groups in total. The maximum absolute atomic E-state index is 12.9. The Hall–Kier alpha value is -2.19. The highest BCUT2D eigenvalue weighted by atomic mass is 35.5. The van der Waals surface area contributed by atoms with Crippen LogP contribution in [0, 0.1) is 10.1 Å². The number of hydrogen-bond acceptors (Lipinski definition) is 4. The molecular formula is C15H10Cl2F3NO4. The van der Waals surface area contributed by atoms with Crippen LogP contribution in [0.25, 0.3) is 0 Å². The van der Waals surface area contributed by atoms with Gasteiger partial charge in [-0.1, -0.05) is 17.7 Å². The van der Waals surface area contributed by atoms with Crippen LogP contribution < -0.4 is 9.47 Å². The first kappa shape index (κ1) is 19.1. The minimum atomic E-state index is -4.64. The van der Waals surface area contributed by atoms with Crippen molar-refractivity contribution >= 4 is 28.9 Å². The van der Waals surface area contributed by atoms with Gasteiger partial charge >= 0.3 is 11.9 Å². The van der Waals surface area contributed by atoms with Gasteiger partial charge in [0.25, 0.3) is 0 Å². The summed E-state index contributed by atoms with van der Waals surface area (Å²) in [5.41, 5.74) is -1.38. The van der Waals surface area contributed by atoms with Gasteiger partial charge in [-0.05, 0) is 18.2 Å². The summed E-state index contributed by atoms with van der Waals surface area (Å²) in [6, 6.07) is 6.72. The van der Waals surface area contributed by atoms with Crippen LogP contribution in [0.5, 0.6) is 17.2 Å². The lowest BCUT2D eigenvalue weighted by Gasteiger charge is -2.13. The van der Waals surface area contributed by atoms with E-state index < -0.39 is 21.7 Å². The van der Waals surface area contributed by atoms with Gasteiger partial charge in [0.05, 0.1) is 21.4 Å². The van der Waals surface area contributed by atoms with Gasteiger partial charge in [0.1, 0.15) is 18.1 Å². The van der Waals surface area contributed by atoms with Crippen molar-refractivity contribution in [2.45, 2.75) is 6.18 Å². The number of hydrogen-bond donors (Lipinski definition) is 0. The number of benzene rings is 2. The van der Waals surface area contributed by atoms with Crippen molar-refractivity contribution in [3.8, 4) is 17.2 Å². The zero-order chi connectivity index (χ0) is 18.6. The first-order valence-corrected chi connectivity index (χ1v) is 7.66. The summed E-state index contributed by atoms with van der Waals surface area (Å²) in [6.45, 7) is 0.0101. The Labute approximate surface area is 150 Å². The van der Waals surface area contributed by atoms with Crippen molar-refractivity contribution in [2.75, 3.05) is 12.5 Å². The van der Waals surface area contributed by atoms with Gasteiger partial charge in [0.2, 0.25) is 5.75 Å². The number of nitro benzene ring substituents is 1. The summed E-state index contributed by atoms with van der Waals surface area (Å²) in [5.74, 6) is -0.238. The van der Waals surface area contributed by atoms with E-state index in [2.05, 4.69) is 0 Å². The lowest BCUT2D eigenvalue weighted by atomic mass is 10.2. The van der Waals surface area contributed by atoms with Crippen LogP contribution >= 0.6 is 23.2 Å². The molecule has 25 heavy (non-hydrogen) atoms. The van der Waals surface area contributed by atoms with Crippen molar-refractivity contribution in [1.82, 2.24) is 0 Å². The van der Waals surface area contributed by atoms with Gasteiger partial charge in [0.15, 0.2) is 0 Å². The predicted octanol–water partition coefficient (Wildman–Crippen LogP) is 5.68. The Morgan fingerprint density at radius 1 is 1.16 bits per heavy atom. The Balaban J connectivity index is 2.36. The zero-order valence-electron chi connectivity index (χ0n) is 12.3. The summed E-state index contributed by atoms with van der Waals surface area (Å²) in [4.78, 5) is 10.3. The zero-order valence-corrected chi connectivity index (χ0v) is 13.9. The van der Waals surface area contributed by atoms with Crippen LogP contribution in [-0.4, -0.2) is 17.4 Å². The number of halogens is 5. The lowest BCUT2D eigenvalue weighted by molar-refractivity contribution is -0.385. The molecule has 134 valence electrons. The minimum Gasteiger partial charge on any atom is -0.485 e. The molecule has 0 saturated carbocycles. The molecule has 0 atom stereocenters. The second-order valence-corrected chi connectivity index (χ2v) is 5.40. The number of ether oxygens (including phenoxy) is 2. The maximum atomic E-state index is 12.9. The number of nitrogens with zero attached hydrogens (tertiary/aromatic N) is 1. The molecule has 2 aromatic carbocycles. The number of rotatable bonds is 6. The Kier molecular flexibility index (Phi) is 5.97. The fourth-order valence-electron chi connectivity index (χ4n) is 1.91. The van der Waals surface area contributed by atoms with Crippen molar-refractivity contribution in [2.24, 2.45) is 0 Å². The Morgan fingerprint density at radius 2 is 1.88 bits per heavy atom. The SMILES string of the molecule is O=[N+]([O-])c1ccc(Oc2cccc(C(F)(F)F)c2Cl)cc1OCCCl. The molecule has 0 spiro atoms. The third-order valence-electron chi connectivity index (χ3n) is 2.96. The van der Waals surface area contributed by atoms with Gasteiger partial charge in [-0.15, -0.1) is 11.6 Å². The van der Waals surface area contributed by atoms with E-state index in [0.717, 1.165) is 18.2 Å². The highest BCUT2D eigenvalue weighted by molar-refractivity contribution is 6.32. The molecule has 0 aliphatic heterocycles. The molecule has 0 saturated heterocycles. The van der Waals surface area contributed by atoms with Gasteiger partial charge in [-0.25, -0.2) is 0 Å². The Bertz CT molecular complexity index is 784. The summed E-state index contributed by atoms with van der Waals surface area (Å²) in [5, 5.41) is 10.4. The van der Waals surface area contributed by atoms with Crippen LogP contribution in [0.1, 0.15) is 5.56 Å². The summed E-state index contributed by atoms with van der Waals surface area (Å²) in [6.07, 6.45) is -4.64. The molecule has 0 aliphatic rings. The van der Waals surface area contributed by atoms with Crippen LogP contribution in [0.2, 0.25) is 5.02 Å². The fraction of sp³-hybridized carbons (Fsp3) is 0.200. The average molecular weight is 396 g/mol. The molecule has 0 aliphatic carbocycles. The van der Waals surface area contributed by atoms with E-state index in [1.165, 1.54) is 18.2 Å². The standard InChI is InChI=1S/C15H10Cl2F3NO4/c16-6-7-24-13-8-9(4-5-11(13)21(22)23)25-12-3-1-2-10(14(12)17)15(18,19)20/h1-5,8H,6-7H2. The summed E-state index contributed by atoms with van der Waals surface area (Å²) < 4.78 is 49.1. The quantitative estimate of drug-likeness (QED) is 0.358. The van der Waals surface area contributed by atoms with Crippen molar-refractivity contribution < 1.29 is 27.6 Å². The minimum absolute atomic E-state index is 0.0101. The molecular weight excluding hydrogens is 386 g/mol. The van der Waals surface area contributed by atoms with E-state index in [-0.39, 0.29) is 35.4 Å². The van der Waals surface area contributed by atoms with E-state index >= 15 is 0 Å². The average Bonchev–Trinajstić information content (AvgIpc) is 2.53. The normalized spacial score (nSPS) is 11.2. The van der Waals surface area contributed by atoms with Gasteiger partial charge in [-0.2, -0.15) is 13.2 Å². The highest BCUT2D eigenvalue weighted by Gasteiger charge is 2.34. The third kappa shape index (κ3) is 4.67. The van der Waals surface area contributed by atoms with Crippen LogP contribution in [-0.2, 0) is 6.18 Å². The summed E-state index contributed by atoms with van der Waals surface area (Å²) in [7, 11) is 0. The Morgan fingerprint density at radius 3 is 2.48 bits per heavy atom. The molecule has 0 amide bonds. The topological polar surface area (TPSA) is 61.6 Å². The second-order valence-electron chi connectivity index (χ2n) is 4.64. The molecule has 2 rings (SSSR count). The van der Waals surface area contributed by atoms with E-state index in [1.54, 1.807) is 0 Å². The van der Waals surface area contributed by atoms with Crippen molar-refractivity contribution in [3.63, 3.8) is 0 Å². The van der Waals surface area contributed by atoms with E-state index in [4.69, 9.17) is 32.7 Å². The molecule has 0 bridgehead atoms. The van der Waals surface area contributed by atoms with Crippen LogP contribution in [0.15, 0.2) is 36.4 Å². The van der Waals surface area contributed by atoms with Gasteiger partial charge in [0, 0.05) is 12.1 Å². The monoisotopic (exact) mass is 395 g/mol. The second kappa shape index (κ2) is 7.79. The number of alkyl halides is 4. The smallest absolute Gasteiger partial charge is 0.417 e. The first-order chi connectivity index (χ1) is 11.7. The molecule has 0 fully saturated rings.